The smallest absolute Gasteiger partial charge is 0.256 e. The fourth-order valence-corrected chi connectivity index (χ4v) is 3.10. The molecule has 0 radical (unpaired) electrons. The van der Waals surface area contributed by atoms with Crippen molar-refractivity contribution in [2.45, 2.75) is 19.4 Å². The van der Waals surface area contributed by atoms with Crippen LogP contribution in [0.15, 0.2) is 48.7 Å². The second-order valence-electron chi connectivity index (χ2n) is 5.99. The zero-order valence-electron chi connectivity index (χ0n) is 14.5. The number of ether oxygens (including phenoxy) is 1. The van der Waals surface area contributed by atoms with Crippen LogP contribution >= 0.6 is 0 Å². The maximum atomic E-state index is 13.0. The highest BCUT2D eigenvalue weighted by Crippen LogP contribution is 2.21. The summed E-state index contributed by atoms with van der Waals surface area (Å²) >= 11 is 0. The summed E-state index contributed by atoms with van der Waals surface area (Å²) in [7, 11) is 0. The largest absolute Gasteiger partial charge is 0.364 e. The van der Waals surface area contributed by atoms with Crippen LogP contribution in [0.2, 0.25) is 0 Å². The van der Waals surface area contributed by atoms with Gasteiger partial charge in [0.15, 0.2) is 11.9 Å². The molecule has 6 heteroatoms. The van der Waals surface area contributed by atoms with E-state index in [2.05, 4.69) is 15.1 Å². The Hall–Kier alpha value is -2.47. The molecule has 0 unspecified atom stereocenters. The fraction of sp³-hybridized carbons (Fsp3) is 0.421. The van der Waals surface area contributed by atoms with Crippen molar-refractivity contribution in [3.63, 3.8) is 0 Å². The number of aromatic nitrogens is 2. The topological polar surface area (TPSA) is 58.6 Å². The van der Waals surface area contributed by atoms with Crippen LogP contribution in [-0.2, 0) is 9.53 Å². The average molecular weight is 340 g/mol. The Bertz CT molecular complexity index is 666. The quantitative estimate of drug-likeness (QED) is 0.836. The molecule has 1 saturated heterocycles. The summed E-state index contributed by atoms with van der Waals surface area (Å²) in [5, 5.41) is 8.12. The molecular weight excluding hydrogens is 316 g/mol. The molecule has 1 fully saturated rings. The summed E-state index contributed by atoms with van der Waals surface area (Å²) in [5.41, 5.74) is 0.907. The van der Waals surface area contributed by atoms with Crippen LogP contribution in [-0.4, -0.2) is 53.8 Å². The highest BCUT2D eigenvalue weighted by atomic mass is 16.5. The van der Waals surface area contributed by atoms with E-state index in [1.165, 1.54) is 0 Å². The monoisotopic (exact) mass is 340 g/mol. The Morgan fingerprint density at radius 1 is 1.12 bits per heavy atom. The number of hydrogen-bond acceptors (Lipinski definition) is 5. The third-order valence-corrected chi connectivity index (χ3v) is 4.35. The first kappa shape index (κ1) is 17.4. The molecule has 1 aliphatic heterocycles. The Balaban J connectivity index is 1.69. The number of rotatable bonds is 5. The fourth-order valence-electron chi connectivity index (χ4n) is 3.10. The number of carbonyl (C=O) groups is 1. The van der Waals surface area contributed by atoms with Gasteiger partial charge in [-0.25, -0.2) is 0 Å². The van der Waals surface area contributed by atoms with Gasteiger partial charge in [0.25, 0.3) is 5.91 Å². The van der Waals surface area contributed by atoms with E-state index in [1.54, 1.807) is 6.20 Å². The Morgan fingerprint density at radius 3 is 2.68 bits per heavy atom. The molecule has 1 aromatic carbocycles. The molecule has 132 valence electrons. The van der Waals surface area contributed by atoms with E-state index >= 15 is 0 Å². The van der Waals surface area contributed by atoms with Gasteiger partial charge in [-0.3, -0.25) is 4.79 Å². The summed E-state index contributed by atoms with van der Waals surface area (Å²) < 4.78 is 5.77. The number of nitrogens with zero attached hydrogens (tertiary/aromatic N) is 4. The number of anilines is 1. The van der Waals surface area contributed by atoms with Crippen LogP contribution in [0.25, 0.3) is 0 Å². The van der Waals surface area contributed by atoms with Crippen molar-refractivity contribution in [2.75, 3.05) is 37.7 Å². The van der Waals surface area contributed by atoms with E-state index in [-0.39, 0.29) is 5.91 Å². The molecule has 6 nitrogen and oxygen atoms in total. The van der Waals surface area contributed by atoms with Gasteiger partial charge in [0.2, 0.25) is 0 Å². The second kappa shape index (κ2) is 8.58. The Morgan fingerprint density at radius 2 is 1.96 bits per heavy atom. The zero-order chi connectivity index (χ0) is 17.5. The van der Waals surface area contributed by atoms with Crippen molar-refractivity contribution in [2.24, 2.45) is 0 Å². The average Bonchev–Trinajstić information content (AvgIpc) is 2.93. The van der Waals surface area contributed by atoms with Gasteiger partial charge in [0.1, 0.15) is 0 Å². The summed E-state index contributed by atoms with van der Waals surface area (Å²) in [6.07, 6.45) is 2.04. The van der Waals surface area contributed by atoms with Crippen molar-refractivity contribution in [3.8, 4) is 0 Å². The molecule has 0 saturated carbocycles. The maximum Gasteiger partial charge on any atom is 0.256 e. The lowest BCUT2D eigenvalue weighted by atomic mass is 10.1. The normalized spacial score (nSPS) is 16.4. The molecule has 0 aliphatic carbocycles. The molecule has 3 rings (SSSR count). The van der Waals surface area contributed by atoms with E-state index in [4.69, 9.17) is 4.74 Å². The number of benzene rings is 1. The third kappa shape index (κ3) is 4.33. The van der Waals surface area contributed by atoms with Gasteiger partial charge in [0.05, 0.1) is 0 Å². The predicted molar refractivity (Wildman–Crippen MR) is 96.3 cm³/mol. The highest BCUT2D eigenvalue weighted by molar-refractivity contribution is 5.82. The molecule has 0 bridgehead atoms. The van der Waals surface area contributed by atoms with Crippen molar-refractivity contribution in [3.05, 3.63) is 54.2 Å². The number of hydrogen-bond donors (Lipinski definition) is 0. The molecule has 0 spiro atoms. The van der Waals surface area contributed by atoms with Gasteiger partial charge in [-0.2, -0.15) is 5.10 Å². The molecule has 1 aromatic heterocycles. The highest BCUT2D eigenvalue weighted by Gasteiger charge is 2.28. The first-order valence-electron chi connectivity index (χ1n) is 8.77. The summed E-state index contributed by atoms with van der Waals surface area (Å²) in [5.74, 6) is 0.898. The summed E-state index contributed by atoms with van der Waals surface area (Å²) in [4.78, 5) is 17.1. The van der Waals surface area contributed by atoms with Gasteiger partial charge in [0, 0.05) is 39.0 Å². The van der Waals surface area contributed by atoms with Crippen LogP contribution in [0.3, 0.4) is 0 Å². The van der Waals surface area contributed by atoms with Gasteiger partial charge in [-0.05, 0) is 31.0 Å². The summed E-state index contributed by atoms with van der Waals surface area (Å²) in [6, 6.07) is 13.6. The molecule has 2 heterocycles. The molecule has 1 amide bonds. The zero-order valence-corrected chi connectivity index (χ0v) is 14.5. The van der Waals surface area contributed by atoms with Crippen LogP contribution in [0.5, 0.6) is 0 Å². The maximum absolute atomic E-state index is 13.0. The van der Waals surface area contributed by atoms with Crippen LogP contribution in [0.4, 0.5) is 5.82 Å². The SMILES string of the molecule is CCO[C@@H](C(=O)N1CCCN(c2cccnn2)CC1)c1ccccc1. The summed E-state index contributed by atoms with van der Waals surface area (Å²) in [6.45, 7) is 5.43. The standard InChI is InChI=1S/C19H24N4O2/c1-2-25-18(16-8-4-3-5-9-16)19(24)23-13-7-12-22(14-15-23)17-10-6-11-20-21-17/h3-6,8-11,18H,2,7,12-15H2,1H3/t18-/m1/s1. The second-order valence-corrected chi connectivity index (χ2v) is 5.99. The van der Waals surface area contributed by atoms with E-state index in [1.807, 2.05) is 54.3 Å². The molecule has 2 aromatic rings. The first-order chi connectivity index (χ1) is 12.3. The van der Waals surface area contributed by atoms with Crippen LogP contribution in [0, 0.1) is 0 Å². The third-order valence-electron chi connectivity index (χ3n) is 4.35. The van der Waals surface area contributed by atoms with E-state index in [9.17, 15) is 4.79 Å². The minimum absolute atomic E-state index is 0.0362. The van der Waals surface area contributed by atoms with Gasteiger partial charge >= 0.3 is 0 Å². The molecule has 1 aliphatic rings. The van der Waals surface area contributed by atoms with Crippen molar-refractivity contribution in [1.29, 1.82) is 0 Å². The number of amides is 1. The molecular formula is C19H24N4O2. The minimum atomic E-state index is -0.533. The van der Waals surface area contributed by atoms with Crippen molar-refractivity contribution in [1.82, 2.24) is 15.1 Å². The van der Waals surface area contributed by atoms with Gasteiger partial charge in [-0.15, -0.1) is 5.10 Å². The van der Waals surface area contributed by atoms with Crippen molar-refractivity contribution >= 4 is 11.7 Å². The minimum Gasteiger partial charge on any atom is -0.364 e. The lowest BCUT2D eigenvalue weighted by molar-refractivity contribution is -0.143. The van der Waals surface area contributed by atoms with Gasteiger partial charge < -0.3 is 14.5 Å². The lowest BCUT2D eigenvalue weighted by Crippen LogP contribution is -2.39. The molecule has 25 heavy (non-hydrogen) atoms. The van der Waals surface area contributed by atoms with Gasteiger partial charge in [-0.1, -0.05) is 30.3 Å². The predicted octanol–water partition coefficient (Wildman–Crippen LogP) is 2.29. The van der Waals surface area contributed by atoms with Crippen molar-refractivity contribution < 1.29 is 9.53 Å². The van der Waals surface area contributed by atoms with Crippen LogP contribution < -0.4 is 4.90 Å². The van der Waals surface area contributed by atoms with E-state index in [0.29, 0.717) is 13.2 Å². The Labute approximate surface area is 148 Å². The van der Waals surface area contributed by atoms with Crippen LogP contribution in [0.1, 0.15) is 25.0 Å². The van der Waals surface area contributed by atoms with E-state index < -0.39 is 6.10 Å². The first-order valence-corrected chi connectivity index (χ1v) is 8.77. The van der Waals surface area contributed by atoms with E-state index in [0.717, 1.165) is 37.4 Å². The molecule has 1 atom stereocenters. The Kier molecular flexibility index (Phi) is 5.95. The lowest BCUT2D eigenvalue weighted by Gasteiger charge is -2.26. The molecule has 0 N–H and O–H groups in total. The number of carbonyl (C=O) groups excluding carboxylic acids is 1.